The molecule has 2 aromatic rings. The van der Waals surface area contributed by atoms with Crippen molar-refractivity contribution in [3.8, 4) is 0 Å². The van der Waals surface area contributed by atoms with Gasteiger partial charge in [-0.2, -0.15) is 5.10 Å². The molecule has 0 fully saturated rings. The van der Waals surface area contributed by atoms with Crippen molar-refractivity contribution in [2.24, 2.45) is 7.05 Å². The van der Waals surface area contributed by atoms with Crippen LogP contribution in [0.4, 0.5) is 10.2 Å². The molecule has 0 saturated carbocycles. The number of carboxylic acids is 1. The summed E-state index contributed by atoms with van der Waals surface area (Å²) in [6.07, 6.45) is 1.05. The number of carboxylic acid groups (broad SMARTS) is 1. The molecular formula is C12H12FN3O4S. The predicted octanol–water partition coefficient (Wildman–Crippen LogP) is 1.20. The van der Waals surface area contributed by atoms with Crippen molar-refractivity contribution in [1.29, 1.82) is 0 Å². The third-order valence-electron chi connectivity index (χ3n) is 2.69. The van der Waals surface area contributed by atoms with Crippen molar-refractivity contribution in [2.45, 2.75) is 5.75 Å². The largest absolute Gasteiger partial charge is 0.477 e. The number of aromatic nitrogens is 2. The van der Waals surface area contributed by atoms with Gasteiger partial charge in [0.2, 0.25) is 10.0 Å². The summed E-state index contributed by atoms with van der Waals surface area (Å²) in [5, 5.41) is 12.7. The Labute approximate surface area is 120 Å². The van der Waals surface area contributed by atoms with Crippen molar-refractivity contribution in [1.82, 2.24) is 9.78 Å². The average Bonchev–Trinajstić information content (AvgIpc) is 2.73. The molecule has 0 bridgehead atoms. The maximum atomic E-state index is 12.8. The fourth-order valence-corrected chi connectivity index (χ4v) is 2.94. The molecule has 2 rings (SSSR count). The summed E-state index contributed by atoms with van der Waals surface area (Å²) in [5.74, 6) is -2.30. The van der Waals surface area contributed by atoms with Crippen LogP contribution in [0.15, 0.2) is 30.5 Å². The number of hydrogen-bond acceptors (Lipinski definition) is 4. The molecule has 0 atom stereocenters. The van der Waals surface area contributed by atoms with E-state index in [0.29, 0.717) is 5.56 Å². The lowest BCUT2D eigenvalue weighted by molar-refractivity contribution is 0.0698. The first kappa shape index (κ1) is 15.0. The van der Waals surface area contributed by atoms with Crippen LogP contribution < -0.4 is 4.72 Å². The minimum absolute atomic E-state index is 0.135. The zero-order valence-electron chi connectivity index (χ0n) is 10.9. The molecule has 1 aromatic carbocycles. The summed E-state index contributed by atoms with van der Waals surface area (Å²) in [4.78, 5) is 11.0. The number of benzene rings is 1. The maximum absolute atomic E-state index is 12.8. The maximum Gasteiger partial charge on any atom is 0.341 e. The van der Waals surface area contributed by atoms with Crippen LogP contribution in [-0.2, 0) is 22.8 Å². The summed E-state index contributed by atoms with van der Waals surface area (Å²) in [6, 6.07) is 4.99. The number of aryl methyl sites for hydroxylation is 1. The van der Waals surface area contributed by atoms with Gasteiger partial charge in [0.1, 0.15) is 11.4 Å². The van der Waals surface area contributed by atoms with Gasteiger partial charge in [0.05, 0.1) is 11.9 Å². The predicted molar refractivity (Wildman–Crippen MR) is 72.8 cm³/mol. The molecule has 0 spiro atoms. The van der Waals surface area contributed by atoms with E-state index in [2.05, 4.69) is 9.82 Å². The van der Waals surface area contributed by atoms with Crippen LogP contribution in [0.1, 0.15) is 15.9 Å². The van der Waals surface area contributed by atoms with Crippen molar-refractivity contribution < 1.29 is 22.7 Å². The Balaban J connectivity index is 2.24. The van der Waals surface area contributed by atoms with E-state index in [9.17, 15) is 17.6 Å². The zero-order valence-corrected chi connectivity index (χ0v) is 11.8. The van der Waals surface area contributed by atoms with Gasteiger partial charge in [-0.05, 0) is 17.7 Å². The number of halogens is 1. The first-order valence-electron chi connectivity index (χ1n) is 5.79. The molecule has 1 heterocycles. The molecule has 0 amide bonds. The molecule has 112 valence electrons. The Hall–Kier alpha value is -2.42. The van der Waals surface area contributed by atoms with Gasteiger partial charge in [-0.3, -0.25) is 9.40 Å². The highest BCUT2D eigenvalue weighted by atomic mass is 32.2. The molecule has 0 radical (unpaired) electrons. The average molecular weight is 313 g/mol. The van der Waals surface area contributed by atoms with Crippen LogP contribution in [0.3, 0.4) is 0 Å². The Bertz CT molecular complexity index is 768. The van der Waals surface area contributed by atoms with Gasteiger partial charge in [0, 0.05) is 7.05 Å². The van der Waals surface area contributed by atoms with Gasteiger partial charge in [0.15, 0.2) is 5.82 Å². The number of carbonyl (C=O) groups is 1. The number of anilines is 1. The van der Waals surface area contributed by atoms with Gasteiger partial charge >= 0.3 is 5.97 Å². The Morgan fingerprint density at radius 3 is 2.57 bits per heavy atom. The van der Waals surface area contributed by atoms with Gasteiger partial charge in [-0.1, -0.05) is 12.1 Å². The summed E-state index contributed by atoms with van der Waals surface area (Å²) >= 11 is 0. The van der Waals surface area contributed by atoms with Crippen LogP contribution in [0.2, 0.25) is 0 Å². The van der Waals surface area contributed by atoms with E-state index < -0.39 is 27.6 Å². The Morgan fingerprint density at radius 1 is 1.38 bits per heavy atom. The summed E-state index contributed by atoms with van der Waals surface area (Å²) in [7, 11) is -2.43. The quantitative estimate of drug-likeness (QED) is 0.863. The van der Waals surface area contributed by atoms with E-state index >= 15 is 0 Å². The fraction of sp³-hybridized carbons (Fsp3) is 0.167. The molecule has 0 aliphatic heterocycles. The third kappa shape index (κ3) is 3.57. The summed E-state index contributed by atoms with van der Waals surface area (Å²) < 4.78 is 40.2. The molecule has 0 aliphatic carbocycles. The smallest absolute Gasteiger partial charge is 0.341 e. The molecule has 0 aliphatic rings. The van der Waals surface area contributed by atoms with Crippen LogP contribution in [-0.4, -0.2) is 29.3 Å². The first-order chi connectivity index (χ1) is 9.78. The molecule has 2 N–H and O–H groups in total. The van der Waals surface area contributed by atoms with E-state index in [1.807, 2.05) is 0 Å². The molecular weight excluding hydrogens is 301 g/mol. The third-order valence-corrected chi connectivity index (χ3v) is 3.91. The molecule has 9 heteroatoms. The summed E-state index contributed by atoms with van der Waals surface area (Å²) in [5.41, 5.74) is 0.128. The topological polar surface area (TPSA) is 101 Å². The molecule has 21 heavy (non-hydrogen) atoms. The van der Waals surface area contributed by atoms with Crippen molar-refractivity contribution in [3.05, 3.63) is 47.4 Å². The minimum Gasteiger partial charge on any atom is -0.477 e. The van der Waals surface area contributed by atoms with Crippen LogP contribution in [0, 0.1) is 5.82 Å². The van der Waals surface area contributed by atoms with Crippen LogP contribution >= 0.6 is 0 Å². The van der Waals surface area contributed by atoms with Gasteiger partial charge in [-0.15, -0.1) is 0 Å². The first-order valence-corrected chi connectivity index (χ1v) is 7.44. The number of nitrogens with zero attached hydrogens (tertiary/aromatic N) is 2. The Morgan fingerprint density at radius 2 is 2.00 bits per heavy atom. The van der Waals surface area contributed by atoms with E-state index in [-0.39, 0.29) is 11.4 Å². The second kappa shape index (κ2) is 5.52. The van der Waals surface area contributed by atoms with Crippen molar-refractivity contribution >= 4 is 21.8 Å². The highest BCUT2D eigenvalue weighted by Crippen LogP contribution is 2.17. The molecule has 1 aromatic heterocycles. The highest BCUT2D eigenvalue weighted by molar-refractivity contribution is 7.91. The van der Waals surface area contributed by atoms with Crippen molar-refractivity contribution in [3.63, 3.8) is 0 Å². The van der Waals surface area contributed by atoms with E-state index in [1.165, 1.54) is 19.2 Å². The van der Waals surface area contributed by atoms with Crippen molar-refractivity contribution in [2.75, 3.05) is 4.72 Å². The Kier molecular flexibility index (Phi) is 3.94. The molecule has 7 nitrogen and oxygen atoms in total. The SMILES string of the molecule is Cn1ncc(C(=O)O)c1NS(=O)(=O)Cc1ccc(F)cc1. The van der Waals surface area contributed by atoms with E-state index in [0.717, 1.165) is 23.0 Å². The molecule has 0 saturated heterocycles. The van der Waals surface area contributed by atoms with Crippen LogP contribution in [0.5, 0.6) is 0 Å². The van der Waals surface area contributed by atoms with Gasteiger partial charge in [-0.25, -0.2) is 17.6 Å². The van der Waals surface area contributed by atoms with E-state index in [4.69, 9.17) is 5.11 Å². The second-order valence-electron chi connectivity index (χ2n) is 4.32. The highest BCUT2D eigenvalue weighted by Gasteiger charge is 2.20. The number of nitrogens with one attached hydrogen (secondary N) is 1. The number of rotatable bonds is 5. The number of hydrogen-bond donors (Lipinski definition) is 2. The lowest BCUT2D eigenvalue weighted by Crippen LogP contribution is -2.19. The normalized spacial score (nSPS) is 11.3. The van der Waals surface area contributed by atoms with Crippen LogP contribution in [0.25, 0.3) is 0 Å². The number of aromatic carboxylic acids is 1. The molecule has 0 unspecified atom stereocenters. The minimum atomic E-state index is -3.85. The lowest BCUT2D eigenvalue weighted by atomic mass is 10.2. The summed E-state index contributed by atoms with van der Waals surface area (Å²) in [6.45, 7) is 0. The lowest BCUT2D eigenvalue weighted by Gasteiger charge is -2.09. The van der Waals surface area contributed by atoms with Gasteiger partial charge < -0.3 is 5.11 Å². The monoisotopic (exact) mass is 313 g/mol. The number of sulfonamides is 1. The second-order valence-corrected chi connectivity index (χ2v) is 6.05. The van der Waals surface area contributed by atoms with Gasteiger partial charge in [0.25, 0.3) is 0 Å². The van der Waals surface area contributed by atoms with E-state index in [1.54, 1.807) is 0 Å². The zero-order chi connectivity index (χ0) is 15.6. The standard InChI is InChI=1S/C12H12FN3O4S/c1-16-11(10(6-14-16)12(17)18)15-21(19,20)7-8-2-4-9(13)5-3-8/h2-6,15H,7H2,1H3,(H,17,18). The fourth-order valence-electron chi connectivity index (χ4n) is 1.70.